The van der Waals surface area contributed by atoms with E-state index in [1.165, 1.54) is 71.9 Å². The average molecular weight is 616 g/mol. The van der Waals surface area contributed by atoms with Crippen LogP contribution in [0.15, 0.2) is 97.1 Å². The van der Waals surface area contributed by atoms with Crippen LogP contribution in [-0.4, -0.2) is 9.52 Å². The number of rotatable bonds is 8. The molecule has 0 nitrogen and oxygen atoms in total. The van der Waals surface area contributed by atoms with Crippen molar-refractivity contribution in [2.45, 2.75) is 65.5 Å². The standard InChI is InChI=1S/2C15H17.C2H7Si.2ClH.Zr/c2*1-2-3-7-13-10-11-15(12-13)14-8-5-4-6-9-14;1-3-2;;;/h2*4-6,8-12H,2-3,7H2,1H3;3H,1-2H3;2*1H;/q2*-1;;;;+4/p-2. The van der Waals surface area contributed by atoms with Crippen molar-refractivity contribution < 1.29 is 20.8 Å². The Morgan fingerprint density at radius 3 is 1.28 bits per heavy atom. The van der Waals surface area contributed by atoms with E-state index in [-0.39, 0.29) is 0 Å². The Bertz CT molecular complexity index is 925. The fraction of sp³-hybridized carbons (Fsp3) is 0.312. The fourth-order valence-corrected chi connectivity index (χ4v) is 3.68. The van der Waals surface area contributed by atoms with Gasteiger partial charge in [0.1, 0.15) is 0 Å². The first-order valence-corrected chi connectivity index (χ1v) is 21.6. The van der Waals surface area contributed by atoms with E-state index in [2.05, 4.69) is 124 Å². The number of halogens is 2. The summed E-state index contributed by atoms with van der Waals surface area (Å²) in [4.78, 5) is 0. The zero-order valence-electron chi connectivity index (χ0n) is 22.3. The Labute approximate surface area is 241 Å². The first kappa shape index (κ1) is 32.8. The van der Waals surface area contributed by atoms with Crippen molar-refractivity contribution >= 4 is 26.5 Å². The minimum absolute atomic E-state index is 0.750. The van der Waals surface area contributed by atoms with Crippen LogP contribution in [0, 0.1) is 0 Å². The minimum atomic E-state index is -0.826. The Morgan fingerprint density at radius 1 is 0.639 bits per heavy atom. The van der Waals surface area contributed by atoms with E-state index < -0.39 is 20.8 Å². The van der Waals surface area contributed by atoms with E-state index >= 15 is 0 Å². The first-order valence-electron chi connectivity index (χ1n) is 13.0. The van der Waals surface area contributed by atoms with Crippen molar-refractivity contribution in [3.8, 4) is 22.3 Å². The van der Waals surface area contributed by atoms with E-state index in [4.69, 9.17) is 17.0 Å². The predicted molar refractivity (Wildman–Crippen MR) is 163 cm³/mol. The van der Waals surface area contributed by atoms with Crippen LogP contribution < -0.4 is 0 Å². The molecular formula is C32H41Cl2SiZr. The summed E-state index contributed by atoms with van der Waals surface area (Å²) in [7, 11) is 10.6. The van der Waals surface area contributed by atoms with Crippen LogP contribution in [0.4, 0.5) is 0 Å². The van der Waals surface area contributed by atoms with Crippen molar-refractivity contribution in [2.75, 3.05) is 0 Å². The van der Waals surface area contributed by atoms with Gasteiger partial charge in [0.05, 0.1) is 0 Å². The van der Waals surface area contributed by atoms with Crippen LogP contribution in [0.3, 0.4) is 0 Å². The second-order valence-electron chi connectivity index (χ2n) is 8.60. The number of hydrogen-bond acceptors (Lipinski definition) is 0. The molecule has 4 aromatic rings. The van der Waals surface area contributed by atoms with Crippen LogP contribution in [0.5, 0.6) is 0 Å². The third-order valence-electron chi connectivity index (χ3n) is 5.49. The molecule has 0 aliphatic rings. The Kier molecular flexibility index (Phi) is 19.9. The van der Waals surface area contributed by atoms with Crippen molar-refractivity contribution in [1.82, 2.24) is 0 Å². The van der Waals surface area contributed by atoms with E-state index in [0.717, 1.165) is 9.52 Å². The molecule has 0 atom stereocenters. The van der Waals surface area contributed by atoms with Gasteiger partial charge in [-0.1, -0.05) is 137 Å². The molecule has 191 valence electrons. The first-order chi connectivity index (χ1) is 17.6. The van der Waals surface area contributed by atoms with Gasteiger partial charge in [-0.25, -0.2) is 12.1 Å². The third kappa shape index (κ3) is 13.9. The van der Waals surface area contributed by atoms with E-state index in [1.54, 1.807) is 0 Å². The summed E-state index contributed by atoms with van der Waals surface area (Å²) in [5.41, 5.74) is 8.27. The quantitative estimate of drug-likeness (QED) is 0.137. The van der Waals surface area contributed by atoms with Crippen molar-refractivity contribution in [1.29, 1.82) is 0 Å². The molecule has 0 spiro atoms. The van der Waals surface area contributed by atoms with Gasteiger partial charge in [0.2, 0.25) is 0 Å². The molecule has 0 fully saturated rings. The maximum absolute atomic E-state index is 4.93. The molecule has 0 aliphatic carbocycles. The normalized spacial score (nSPS) is 9.50. The Balaban J connectivity index is 0.000000296. The van der Waals surface area contributed by atoms with Crippen LogP contribution in [0.1, 0.15) is 50.7 Å². The van der Waals surface area contributed by atoms with Gasteiger partial charge in [0.15, 0.2) is 0 Å². The molecule has 0 saturated heterocycles. The van der Waals surface area contributed by atoms with Gasteiger partial charge in [-0.2, -0.15) is 46.5 Å². The summed E-state index contributed by atoms with van der Waals surface area (Å²) in [5.74, 6) is 0. The molecule has 36 heavy (non-hydrogen) atoms. The molecule has 0 unspecified atom stereocenters. The van der Waals surface area contributed by atoms with Gasteiger partial charge in [-0.05, 0) is 0 Å². The molecule has 0 amide bonds. The number of aryl methyl sites for hydroxylation is 2. The summed E-state index contributed by atoms with van der Waals surface area (Å²) in [6, 6.07) is 34.7. The second kappa shape index (κ2) is 21.9. The molecule has 0 heterocycles. The number of unbranched alkanes of at least 4 members (excludes halogenated alkanes) is 2. The summed E-state index contributed by atoms with van der Waals surface area (Å²) in [6.07, 6.45) is 7.54. The van der Waals surface area contributed by atoms with Crippen molar-refractivity contribution in [2.24, 2.45) is 0 Å². The van der Waals surface area contributed by atoms with E-state index in [0.29, 0.717) is 0 Å². The SMILES string of the molecule is CCCCc1cc(-c2ccccc2)c[cH-]1.CCCCc1cc(-c2ccccc2)c[cH-]1.C[SiH]C.[Cl][Zr+2][Cl]. The second-order valence-corrected chi connectivity index (χ2v) is 13.5. The van der Waals surface area contributed by atoms with Gasteiger partial charge in [-0.15, -0.1) is 0 Å². The zero-order chi connectivity index (χ0) is 26.4. The molecule has 0 N–H and O–H groups in total. The molecule has 0 saturated carbocycles. The van der Waals surface area contributed by atoms with Gasteiger partial charge in [0.25, 0.3) is 0 Å². The van der Waals surface area contributed by atoms with Crippen LogP contribution in [0.2, 0.25) is 13.1 Å². The topological polar surface area (TPSA) is 0 Å². The van der Waals surface area contributed by atoms with Crippen LogP contribution in [-0.2, 0) is 33.7 Å². The van der Waals surface area contributed by atoms with Crippen molar-refractivity contribution in [3.63, 3.8) is 0 Å². The summed E-state index contributed by atoms with van der Waals surface area (Å²) in [5, 5.41) is 0. The molecule has 4 aromatic carbocycles. The summed E-state index contributed by atoms with van der Waals surface area (Å²) < 4.78 is 0. The molecule has 1 radical (unpaired) electrons. The third-order valence-corrected chi connectivity index (χ3v) is 5.49. The molecule has 0 aromatic heterocycles. The fourth-order valence-electron chi connectivity index (χ4n) is 3.68. The summed E-state index contributed by atoms with van der Waals surface area (Å²) in [6.45, 7) is 8.89. The molecule has 0 aliphatic heterocycles. The number of benzene rings is 2. The monoisotopic (exact) mass is 613 g/mol. The van der Waals surface area contributed by atoms with Crippen LogP contribution >= 0.6 is 17.0 Å². The predicted octanol–water partition coefficient (Wildman–Crippen LogP) is 10.7. The number of hydrogen-bond donors (Lipinski definition) is 0. The Hall–Kier alpha value is -1.18. The van der Waals surface area contributed by atoms with E-state index in [9.17, 15) is 0 Å². The maximum atomic E-state index is 4.93. The zero-order valence-corrected chi connectivity index (χ0v) is 27.4. The van der Waals surface area contributed by atoms with Gasteiger partial charge in [0, 0.05) is 9.52 Å². The molecular weight excluding hydrogens is 575 g/mol. The van der Waals surface area contributed by atoms with E-state index in [1.807, 2.05) is 0 Å². The molecule has 0 bridgehead atoms. The van der Waals surface area contributed by atoms with Gasteiger partial charge in [-0.3, -0.25) is 0 Å². The molecule has 4 heteroatoms. The van der Waals surface area contributed by atoms with Gasteiger partial charge >= 0.3 is 37.9 Å². The van der Waals surface area contributed by atoms with Gasteiger partial charge < -0.3 is 0 Å². The Morgan fingerprint density at radius 2 is 0.972 bits per heavy atom. The van der Waals surface area contributed by atoms with Crippen molar-refractivity contribution in [3.05, 3.63) is 108 Å². The molecule has 4 rings (SSSR count). The van der Waals surface area contributed by atoms with Crippen LogP contribution in [0.25, 0.3) is 22.3 Å². The summed E-state index contributed by atoms with van der Waals surface area (Å²) >= 11 is -0.826. The average Bonchev–Trinajstić information content (AvgIpc) is 3.59.